The van der Waals surface area contributed by atoms with Gasteiger partial charge >= 0.3 is 0 Å². The van der Waals surface area contributed by atoms with E-state index in [0.29, 0.717) is 23.7 Å². The minimum absolute atomic E-state index is 0.120. The summed E-state index contributed by atoms with van der Waals surface area (Å²) < 4.78 is 0. The third-order valence-electron chi connectivity index (χ3n) is 4.65. The van der Waals surface area contributed by atoms with Gasteiger partial charge in [0.05, 0.1) is 6.54 Å². The van der Waals surface area contributed by atoms with Crippen LogP contribution in [0.25, 0.3) is 0 Å². The zero-order valence-electron chi connectivity index (χ0n) is 16.6. The summed E-state index contributed by atoms with van der Waals surface area (Å²) in [5.41, 5.74) is 0.593. The molecule has 0 atom stereocenters. The fourth-order valence-corrected chi connectivity index (χ4v) is 3.27. The lowest BCUT2D eigenvalue weighted by molar-refractivity contribution is 0.0955. The predicted molar refractivity (Wildman–Crippen MR) is 118 cm³/mol. The van der Waals surface area contributed by atoms with Gasteiger partial charge in [0.1, 0.15) is 5.82 Å². The van der Waals surface area contributed by atoms with E-state index >= 15 is 0 Å². The Balaban J connectivity index is 1.48. The van der Waals surface area contributed by atoms with E-state index in [0.717, 1.165) is 44.5 Å². The quantitative estimate of drug-likeness (QED) is 0.431. The molecule has 2 aromatic rings. The maximum atomic E-state index is 12.2. The van der Waals surface area contributed by atoms with Gasteiger partial charge in [-0.1, -0.05) is 17.7 Å². The number of nitrogens with zero attached hydrogens (tertiary/aromatic N) is 4. The molecule has 1 aliphatic heterocycles. The van der Waals surface area contributed by atoms with Crippen molar-refractivity contribution in [3.05, 3.63) is 59.2 Å². The number of anilines is 1. The highest BCUT2D eigenvalue weighted by Gasteiger charge is 2.20. The molecule has 1 fully saturated rings. The van der Waals surface area contributed by atoms with E-state index in [1.807, 2.05) is 24.4 Å². The van der Waals surface area contributed by atoms with Gasteiger partial charge in [-0.15, -0.1) is 0 Å². The SMILES string of the molecule is CCNC(=NCCNC(=O)c1ccc(Cl)cc1)N1CCN(c2ccccn2)CC1. The Hall–Kier alpha value is -2.80. The van der Waals surface area contributed by atoms with Crippen LogP contribution < -0.4 is 15.5 Å². The summed E-state index contributed by atoms with van der Waals surface area (Å²) in [5, 5.41) is 6.86. The van der Waals surface area contributed by atoms with Gasteiger partial charge in [0.15, 0.2) is 5.96 Å². The highest BCUT2D eigenvalue weighted by Crippen LogP contribution is 2.12. The second-order valence-corrected chi connectivity index (χ2v) is 7.10. The van der Waals surface area contributed by atoms with E-state index in [1.165, 1.54) is 0 Å². The minimum Gasteiger partial charge on any atom is -0.357 e. The van der Waals surface area contributed by atoms with E-state index in [4.69, 9.17) is 11.6 Å². The number of amides is 1. The first-order valence-corrected chi connectivity index (χ1v) is 10.3. The number of carbonyl (C=O) groups is 1. The molecule has 1 aliphatic rings. The van der Waals surface area contributed by atoms with E-state index in [9.17, 15) is 4.79 Å². The number of carbonyl (C=O) groups excluding carboxylic acids is 1. The number of hydrogen-bond acceptors (Lipinski definition) is 4. The average Bonchev–Trinajstić information content (AvgIpc) is 2.77. The summed E-state index contributed by atoms with van der Waals surface area (Å²) in [6.07, 6.45) is 1.82. The topological polar surface area (TPSA) is 72.9 Å². The van der Waals surface area contributed by atoms with Crippen LogP contribution in [-0.4, -0.2) is 67.6 Å². The van der Waals surface area contributed by atoms with Gasteiger partial charge in [0, 0.05) is 56.1 Å². The van der Waals surface area contributed by atoms with Gasteiger partial charge in [-0.05, 0) is 43.3 Å². The fourth-order valence-electron chi connectivity index (χ4n) is 3.15. The summed E-state index contributed by atoms with van der Waals surface area (Å²) in [7, 11) is 0. The number of guanidine groups is 1. The second kappa shape index (κ2) is 10.7. The Kier molecular flexibility index (Phi) is 7.69. The van der Waals surface area contributed by atoms with Crippen molar-refractivity contribution in [1.29, 1.82) is 0 Å². The number of rotatable bonds is 6. The Labute approximate surface area is 176 Å². The molecule has 0 spiro atoms. The number of hydrogen-bond donors (Lipinski definition) is 2. The normalized spacial score (nSPS) is 14.6. The van der Waals surface area contributed by atoms with Crippen molar-refractivity contribution in [2.45, 2.75) is 6.92 Å². The van der Waals surface area contributed by atoms with Gasteiger partial charge in [-0.25, -0.2) is 4.98 Å². The Morgan fingerprint density at radius 1 is 1.10 bits per heavy atom. The summed E-state index contributed by atoms with van der Waals surface area (Å²) in [5.74, 6) is 1.78. The number of nitrogens with one attached hydrogen (secondary N) is 2. The largest absolute Gasteiger partial charge is 0.357 e. The van der Waals surface area contributed by atoms with Crippen LogP contribution in [0, 0.1) is 0 Å². The standard InChI is InChI=1S/C21H27ClN6O/c1-2-23-21(26-12-11-25-20(29)17-6-8-18(22)9-7-17)28-15-13-27(14-16-28)19-5-3-4-10-24-19/h3-10H,2,11-16H2,1H3,(H,23,26)(H,25,29). The molecule has 0 bridgehead atoms. The molecule has 29 heavy (non-hydrogen) atoms. The van der Waals surface area contributed by atoms with Crippen molar-refractivity contribution in [1.82, 2.24) is 20.5 Å². The molecule has 8 heteroatoms. The summed E-state index contributed by atoms with van der Waals surface area (Å²) in [6, 6.07) is 12.8. The van der Waals surface area contributed by atoms with Crippen LogP contribution in [0.15, 0.2) is 53.7 Å². The number of piperazine rings is 1. The molecular weight excluding hydrogens is 388 g/mol. The van der Waals surface area contributed by atoms with Crippen LogP contribution in [0.4, 0.5) is 5.82 Å². The molecule has 0 unspecified atom stereocenters. The highest BCUT2D eigenvalue weighted by atomic mass is 35.5. The number of benzene rings is 1. The lowest BCUT2D eigenvalue weighted by Crippen LogP contribution is -2.52. The zero-order valence-corrected chi connectivity index (χ0v) is 17.4. The van der Waals surface area contributed by atoms with E-state index in [-0.39, 0.29) is 5.91 Å². The molecule has 154 valence electrons. The first-order valence-electron chi connectivity index (χ1n) is 9.90. The van der Waals surface area contributed by atoms with Crippen LogP contribution in [0.1, 0.15) is 17.3 Å². The van der Waals surface area contributed by atoms with Gasteiger partial charge in [0.25, 0.3) is 5.91 Å². The molecule has 0 saturated carbocycles. The molecule has 7 nitrogen and oxygen atoms in total. The first-order chi connectivity index (χ1) is 14.2. The van der Waals surface area contributed by atoms with Crippen LogP contribution in [-0.2, 0) is 0 Å². The minimum atomic E-state index is -0.120. The van der Waals surface area contributed by atoms with Gasteiger partial charge in [-0.2, -0.15) is 0 Å². The number of pyridine rings is 1. The number of aromatic nitrogens is 1. The molecule has 0 radical (unpaired) electrons. The summed E-state index contributed by atoms with van der Waals surface area (Å²) >= 11 is 5.86. The summed E-state index contributed by atoms with van der Waals surface area (Å²) in [6.45, 7) is 7.40. The smallest absolute Gasteiger partial charge is 0.251 e. The summed E-state index contributed by atoms with van der Waals surface area (Å²) in [4.78, 5) is 25.8. The van der Waals surface area contributed by atoms with E-state index in [1.54, 1.807) is 24.3 Å². The van der Waals surface area contributed by atoms with Crippen molar-refractivity contribution in [2.24, 2.45) is 4.99 Å². The number of aliphatic imine (C=N–C) groups is 1. The first kappa shape index (κ1) is 20.9. The Bertz CT molecular complexity index is 804. The molecule has 1 saturated heterocycles. The maximum absolute atomic E-state index is 12.2. The van der Waals surface area contributed by atoms with Crippen LogP contribution in [0.3, 0.4) is 0 Å². The van der Waals surface area contributed by atoms with Crippen molar-refractivity contribution in [3.8, 4) is 0 Å². The van der Waals surface area contributed by atoms with Gasteiger partial charge < -0.3 is 20.4 Å². The molecular formula is C21H27ClN6O. The van der Waals surface area contributed by atoms with E-state index < -0.39 is 0 Å². The van der Waals surface area contributed by atoms with Crippen LogP contribution in [0.5, 0.6) is 0 Å². The van der Waals surface area contributed by atoms with Crippen molar-refractivity contribution in [2.75, 3.05) is 50.7 Å². The highest BCUT2D eigenvalue weighted by molar-refractivity contribution is 6.30. The second-order valence-electron chi connectivity index (χ2n) is 6.66. The zero-order chi connectivity index (χ0) is 20.5. The number of halogens is 1. The molecule has 0 aliphatic carbocycles. The fraction of sp³-hybridized carbons (Fsp3) is 0.381. The lowest BCUT2D eigenvalue weighted by Gasteiger charge is -2.37. The molecule has 1 aromatic carbocycles. The third kappa shape index (κ3) is 6.09. The van der Waals surface area contributed by atoms with Gasteiger partial charge in [-0.3, -0.25) is 9.79 Å². The Morgan fingerprint density at radius 2 is 1.86 bits per heavy atom. The molecule has 1 amide bonds. The predicted octanol–water partition coefficient (Wildman–Crippen LogP) is 2.25. The Morgan fingerprint density at radius 3 is 2.52 bits per heavy atom. The van der Waals surface area contributed by atoms with Crippen LogP contribution >= 0.6 is 11.6 Å². The molecule has 1 aromatic heterocycles. The average molecular weight is 415 g/mol. The van der Waals surface area contributed by atoms with Gasteiger partial charge in [0.2, 0.25) is 0 Å². The van der Waals surface area contributed by atoms with Crippen LogP contribution in [0.2, 0.25) is 5.02 Å². The molecule has 2 heterocycles. The van der Waals surface area contributed by atoms with Crippen molar-refractivity contribution < 1.29 is 4.79 Å². The maximum Gasteiger partial charge on any atom is 0.251 e. The van der Waals surface area contributed by atoms with Crippen molar-refractivity contribution in [3.63, 3.8) is 0 Å². The van der Waals surface area contributed by atoms with E-state index in [2.05, 4.69) is 37.3 Å². The molecule has 2 N–H and O–H groups in total. The monoisotopic (exact) mass is 414 g/mol. The third-order valence-corrected chi connectivity index (χ3v) is 4.90. The molecule has 3 rings (SSSR count). The lowest BCUT2D eigenvalue weighted by atomic mass is 10.2. The van der Waals surface area contributed by atoms with Crippen molar-refractivity contribution >= 4 is 29.3 Å².